The van der Waals surface area contributed by atoms with Crippen LogP contribution in [0.15, 0.2) is 30.3 Å². The molecule has 5 heteroatoms. The van der Waals surface area contributed by atoms with Gasteiger partial charge in [-0.3, -0.25) is 0 Å². The van der Waals surface area contributed by atoms with E-state index in [9.17, 15) is 4.79 Å². The van der Waals surface area contributed by atoms with Crippen LogP contribution in [0.5, 0.6) is 11.5 Å². The van der Waals surface area contributed by atoms with Gasteiger partial charge >= 0.3 is 5.97 Å². The molecule has 0 radical (unpaired) electrons. The molecule has 1 aromatic heterocycles. The second-order valence-electron chi connectivity index (χ2n) is 8.78. The van der Waals surface area contributed by atoms with Crippen molar-refractivity contribution in [3.8, 4) is 33.9 Å². The molecule has 0 amide bonds. The number of fused-ring (bicyclic) bond motifs is 3. The predicted molar refractivity (Wildman–Crippen MR) is 132 cm³/mol. The van der Waals surface area contributed by atoms with E-state index >= 15 is 0 Å². The average Bonchev–Trinajstić information content (AvgIpc) is 3.14. The van der Waals surface area contributed by atoms with Crippen molar-refractivity contribution in [2.24, 2.45) is 0 Å². The van der Waals surface area contributed by atoms with E-state index in [4.69, 9.17) is 14.2 Å². The molecule has 1 aliphatic heterocycles. The van der Waals surface area contributed by atoms with Crippen molar-refractivity contribution in [2.45, 2.75) is 53.5 Å². The van der Waals surface area contributed by atoms with Gasteiger partial charge in [-0.05, 0) is 63.8 Å². The molecule has 2 aromatic carbocycles. The van der Waals surface area contributed by atoms with Crippen molar-refractivity contribution in [3.05, 3.63) is 58.3 Å². The summed E-state index contributed by atoms with van der Waals surface area (Å²) in [7, 11) is 3.29. The first-order valence-corrected chi connectivity index (χ1v) is 11.6. The number of esters is 1. The second kappa shape index (κ2) is 8.97. The van der Waals surface area contributed by atoms with Crippen LogP contribution in [-0.2, 0) is 17.6 Å². The third-order valence-electron chi connectivity index (χ3n) is 6.45. The Morgan fingerprint density at radius 3 is 2.21 bits per heavy atom. The molecule has 0 N–H and O–H groups in total. The Morgan fingerprint density at radius 2 is 1.64 bits per heavy atom. The first-order chi connectivity index (χ1) is 15.8. The number of nitrogens with zero attached hydrogens (tertiary/aromatic N) is 1. The topological polar surface area (TPSA) is 49.7 Å². The fourth-order valence-corrected chi connectivity index (χ4v) is 5.29. The van der Waals surface area contributed by atoms with E-state index in [1.54, 1.807) is 14.2 Å². The van der Waals surface area contributed by atoms with Gasteiger partial charge in [0.2, 0.25) is 0 Å². The van der Waals surface area contributed by atoms with E-state index in [0.717, 1.165) is 46.5 Å². The van der Waals surface area contributed by atoms with Crippen molar-refractivity contribution < 1.29 is 19.0 Å². The molecular weight excluding hydrogens is 414 g/mol. The van der Waals surface area contributed by atoms with E-state index < -0.39 is 0 Å². The smallest absolute Gasteiger partial charge is 0.340 e. The summed E-state index contributed by atoms with van der Waals surface area (Å²) in [4.78, 5) is 13.5. The molecular formula is C28H33NO4. The lowest BCUT2D eigenvalue weighted by molar-refractivity contribution is 0.0528. The van der Waals surface area contributed by atoms with Gasteiger partial charge in [0.1, 0.15) is 0 Å². The number of benzene rings is 2. The minimum atomic E-state index is -0.287. The highest BCUT2D eigenvalue weighted by atomic mass is 16.5. The molecule has 3 aromatic rings. The molecule has 174 valence electrons. The number of carbonyl (C=O) groups excluding carboxylic acids is 1. The molecule has 1 unspecified atom stereocenters. The van der Waals surface area contributed by atoms with E-state index in [1.807, 2.05) is 19.1 Å². The van der Waals surface area contributed by atoms with Crippen LogP contribution >= 0.6 is 0 Å². The Labute approximate surface area is 196 Å². The van der Waals surface area contributed by atoms with Gasteiger partial charge in [0.15, 0.2) is 11.5 Å². The first-order valence-electron chi connectivity index (χ1n) is 11.6. The fraction of sp³-hybridized carbons (Fsp3) is 0.393. The minimum absolute atomic E-state index is 0.188. The van der Waals surface area contributed by atoms with Crippen LogP contribution in [0.1, 0.15) is 59.6 Å². The highest BCUT2D eigenvalue weighted by Gasteiger charge is 2.35. The summed E-state index contributed by atoms with van der Waals surface area (Å²) in [5, 5.41) is 0. The molecule has 0 aliphatic carbocycles. The highest BCUT2D eigenvalue weighted by Crippen LogP contribution is 2.48. The zero-order valence-corrected chi connectivity index (χ0v) is 20.7. The lowest BCUT2D eigenvalue weighted by Crippen LogP contribution is -2.19. The second-order valence-corrected chi connectivity index (χ2v) is 8.78. The molecule has 5 nitrogen and oxygen atoms in total. The Hall–Kier alpha value is -3.21. The molecule has 0 bridgehead atoms. The summed E-state index contributed by atoms with van der Waals surface area (Å²) >= 11 is 0. The number of hydrogen-bond acceptors (Lipinski definition) is 4. The van der Waals surface area contributed by atoms with Gasteiger partial charge in [-0.1, -0.05) is 36.2 Å². The predicted octanol–water partition coefficient (Wildman–Crippen LogP) is 6.31. The number of hydrogen-bond donors (Lipinski definition) is 0. The molecule has 0 saturated carbocycles. The summed E-state index contributed by atoms with van der Waals surface area (Å²) < 4.78 is 19.1. The molecule has 2 heterocycles. The van der Waals surface area contributed by atoms with Crippen molar-refractivity contribution in [2.75, 3.05) is 20.8 Å². The van der Waals surface area contributed by atoms with Gasteiger partial charge in [0.25, 0.3) is 0 Å². The van der Waals surface area contributed by atoms with Crippen molar-refractivity contribution in [1.29, 1.82) is 0 Å². The Balaban J connectivity index is 2.13. The average molecular weight is 448 g/mol. The maximum absolute atomic E-state index is 13.5. The van der Waals surface area contributed by atoms with Gasteiger partial charge in [0.05, 0.1) is 32.1 Å². The number of carbonyl (C=O) groups is 1. The Morgan fingerprint density at radius 1 is 1.00 bits per heavy atom. The van der Waals surface area contributed by atoms with Gasteiger partial charge in [0, 0.05) is 22.9 Å². The summed E-state index contributed by atoms with van der Waals surface area (Å²) in [6, 6.07) is 10.7. The molecule has 33 heavy (non-hydrogen) atoms. The molecule has 1 aliphatic rings. The lowest BCUT2D eigenvalue weighted by atomic mass is 9.90. The van der Waals surface area contributed by atoms with E-state index in [1.165, 1.54) is 11.1 Å². The normalized spacial score (nSPS) is 14.5. The number of methoxy groups -OCH3 is 2. The van der Waals surface area contributed by atoms with E-state index in [-0.39, 0.29) is 12.0 Å². The van der Waals surface area contributed by atoms with Crippen LogP contribution in [0.25, 0.3) is 22.4 Å². The maximum atomic E-state index is 13.5. The monoisotopic (exact) mass is 447 g/mol. The molecule has 0 fully saturated rings. The van der Waals surface area contributed by atoms with Gasteiger partial charge in [-0.2, -0.15) is 0 Å². The Bertz CT molecular complexity index is 1200. The number of rotatable bonds is 6. The quantitative estimate of drug-likeness (QED) is 0.415. The van der Waals surface area contributed by atoms with Crippen LogP contribution in [0, 0.1) is 13.8 Å². The third-order valence-corrected chi connectivity index (χ3v) is 6.45. The van der Waals surface area contributed by atoms with Crippen molar-refractivity contribution in [3.63, 3.8) is 0 Å². The molecule has 4 rings (SSSR count). The highest BCUT2D eigenvalue weighted by molar-refractivity contribution is 6.05. The first kappa shape index (κ1) is 23.0. The number of ether oxygens (including phenoxy) is 3. The minimum Gasteiger partial charge on any atom is -0.493 e. The maximum Gasteiger partial charge on any atom is 0.340 e. The third kappa shape index (κ3) is 3.79. The fourth-order valence-electron chi connectivity index (χ4n) is 5.29. The van der Waals surface area contributed by atoms with Crippen LogP contribution in [0.3, 0.4) is 0 Å². The van der Waals surface area contributed by atoms with Gasteiger partial charge < -0.3 is 18.8 Å². The molecule has 0 spiro atoms. The van der Waals surface area contributed by atoms with Crippen LogP contribution in [0.2, 0.25) is 0 Å². The number of aryl methyl sites for hydroxylation is 2. The van der Waals surface area contributed by atoms with Gasteiger partial charge in [-0.25, -0.2) is 4.79 Å². The lowest BCUT2D eigenvalue weighted by Gasteiger charge is -2.29. The summed E-state index contributed by atoms with van der Waals surface area (Å²) in [6.45, 7) is 10.7. The SMILES string of the molecule is CCOC(=O)c1c(-c2cc(C)cc(C)c2)c(CC)n2c1-c1cc(OC)c(OC)cc1CC2C. The summed E-state index contributed by atoms with van der Waals surface area (Å²) in [6.07, 6.45) is 1.65. The molecule has 0 saturated heterocycles. The largest absolute Gasteiger partial charge is 0.493 e. The van der Waals surface area contributed by atoms with Gasteiger partial charge in [-0.15, -0.1) is 0 Å². The number of aromatic nitrogens is 1. The Kier molecular flexibility index (Phi) is 6.24. The zero-order valence-electron chi connectivity index (χ0n) is 20.7. The summed E-state index contributed by atoms with van der Waals surface area (Å²) in [5.74, 6) is 1.07. The van der Waals surface area contributed by atoms with Crippen molar-refractivity contribution >= 4 is 5.97 Å². The van der Waals surface area contributed by atoms with Crippen molar-refractivity contribution in [1.82, 2.24) is 4.57 Å². The zero-order chi connectivity index (χ0) is 23.9. The standard InChI is InChI=1S/C28H33NO4/c1-8-22-25(20-11-16(3)10-17(4)12-20)26(28(30)33-9-2)27-21-15-24(32-7)23(31-6)14-19(21)13-18(5)29(22)27/h10-12,14-15,18H,8-9,13H2,1-7H3. The van der Waals surface area contributed by atoms with Crippen LogP contribution < -0.4 is 9.47 Å². The van der Waals surface area contributed by atoms with E-state index in [2.05, 4.69) is 50.5 Å². The molecule has 1 atom stereocenters. The van der Waals surface area contributed by atoms with Crippen LogP contribution in [-0.4, -0.2) is 31.4 Å². The van der Waals surface area contributed by atoms with Crippen LogP contribution in [0.4, 0.5) is 0 Å². The summed E-state index contributed by atoms with van der Waals surface area (Å²) in [5.41, 5.74) is 9.23. The van der Waals surface area contributed by atoms with E-state index in [0.29, 0.717) is 23.7 Å².